The maximum Gasteiger partial charge on any atom is 0.220 e. The van der Waals surface area contributed by atoms with Crippen molar-refractivity contribution in [2.45, 2.75) is 39.2 Å². The molecule has 0 spiro atoms. The van der Waals surface area contributed by atoms with Crippen molar-refractivity contribution in [1.82, 2.24) is 10.3 Å². The minimum atomic E-state index is 0.0333. The fourth-order valence-corrected chi connectivity index (χ4v) is 3.40. The summed E-state index contributed by atoms with van der Waals surface area (Å²) in [6, 6.07) is 9.56. The number of nitrogens with zero attached hydrogens (tertiary/aromatic N) is 2. The van der Waals surface area contributed by atoms with Crippen LogP contribution >= 0.6 is 11.6 Å². The molecule has 0 radical (unpaired) electrons. The molecule has 1 fully saturated rings. The maximum absolute atomic E-state index is 12.1. The average molecular weight is 388 g/mol. The lowest BCUT2D eigenvalue weighted by Gasteiger charge is -2.17. The summed E-state index contributed by atoms with van der Waals surface area (Å²) in [6.45, 7) is 5.12. The molecule has 1 saturated heterocycles. The maximum atomic E-state index is 12.1. The van der Waals surface area contributed by atoms with Crippen LogP contribution < -0.4 is 15.0 Å². The van der Waals surface area contributed by atoms with Crippen molar-refractivity contribution >= 4 is 23.3 Å². The van der Waals surface area contributed by atoms with E-state index in [4.69, 9.17) is 16.3 Å². The molecule has 0 bridgehead atoms. The van der Waals surface area contributed by atoms with Crippen LogP contribution in [0, 0.1) is 6.92 Å². The Balaban J connectivity index is 1.38. The van der Waals surface area contributed by atoms with Gasteiger partial charge in [0.1, 0.15) is 11.6 Å². The molecule has 144 valence electrons. The summed E-state index contributed by atoms with van der Waals surface area (Å²) in [5.41, 5.74) is 2.08. The molecule has 1 aromatic heterocycles. The van der Waals surface area contributed by atoms with E-state index in [1.54, 1.807) is 0 Å². The first-order chi connectivity index (χ1) is 13.1. The van der Waals surface area contributed by atoms with Crippen LogP contribution in [0.5, 0.6) is 5.75 Å². The Bertz CT molecular complexity index is 776. The van der Waals surface area contributed by atoms with Gasteiger partial charge in [-0.15, -0.1) is 0 Å². The van der Waals surface area contributed by atoms with E-state index in [2.05, 4.69) is 21.3 Å². The second kappa shape index (κ2) is 9.60. The number of aromatic nitrogens is 1. The van der Waals surface area contributed by atoms with Crippen molar-refractivity contribution in [3.8, 4) is 5.75 Å². The second-order valence-electron chi connectivity index (χ2n) is 6.86. The number of hydrogen-bond acceptors (Lipinski definition) is 4. The Hall–Kier alpha value is -2.27. The summed E-state index contributed by atoms with van der Waals surface area (Å²) < 4.78 is 5.73. The highest BCUT2D eigenvalue weighted by Gasteiger charge is 2.13. The highest BCUT2D eigenvalue weighted by molar-refractivity contribution is 6.30. The first-order valence-electron chi connectivity index (χ1n) is 9.47. The summed E-state index contributed by atoms with van der Waals surface area (Å²) in [4.78, 5) is 18.8. The van der Waals surface area contributed by atoms with Gasteiger partial charge in [0.15, 0.2) is 0 Å². The first kappa shape index (κ1) is 19.5. The van der Waals surface area contributed by atoms with Gasteiger partial charge in [-0.2, -0.15) is 0 Å². The average Bonchev–Trinajstić information content (AvgIpc) is 3.20. The first-order valence-corrected chi connectivity index (χ1v) is 9.85. The van der Waals surface area contributed by atoms with Crippen molar-refractivity contribution in [1.29, 1.82) is 0 Å². The summed E-state index contributed by atoms with van der Waals surface area (Å²) in [5.74, 6) is 1.85. The molecule has 2 heterocycles. The summed E-state index contributed by atoms with van der Waals surface area (Å²) >= 11 is 5.94. The lowest BCUT2D eigenvalue weighted by molar-refractivity contribution is -0.121. The van der Waals surface area contributed by atoms with E-state index in [1.807, 2.05) is 37.4 Å². The number of rotatable bonds is 8. The fourth-order valence-electron chi connectivity index (χ4n) is 3.17. The Morgan fingerprint density at radius 2 is 2.07 bits per heavy atom. The minimum absolute atomic E-state index is 0.0333. The summed E-state index contributed by atoms with van der Waals surface area (Å²) in [6.07, 6.45) is 5.37. The van der Waals surface area contributed by atoms with Gasteiger partial charge >= 0.3 is 0 Å². The van der Waals surface area contributed by atoms with E-state index in [-0.39, 0.29) is 5.91 Å². The van der Waals surface area contributed by atoms with Crippen LogP contribution in [0.1, 0.15) is 36.8 Å². The van der Waals surface area contributed by atoms with Crippen LogP contribution in [0.2, 0.25) is 5.02 Å². The van der Waals surface area contributed by atoms with Crippen molar-refractivity contribution in [2.24, 2.45) is 0 Å². The second-order valence-corrected chi connectivity index (χ2v) is 7.29. The number of hydrogen-bond donors (Lipinski definition) is 1. The molecule has 2 aromatic rings. The molecular formula is C21H26ClN3O2. The quantitative estimate of drug-likeness (QED) is 0.692. The SMILES string of the molecule is Cc1cc(Cl)ccc1OCCCC(=O)NCc1ccnc(N2CCCC2)c1. The molecule has 1 aliphatic rings. The number of pyridine rings is 1. The number of nitrogens with one attached hydrogen (secondary N) is 1. The monoisotopic (exact) mass is 387 g/mol. The van der Waals surface area contributed by atoms with Gasteiger partial charge in [-0.25, -0.2) is 4.98 Å². The van der Waals surface area contributed by atoms with Gasteiger partial charge in [-0.3, -0.25) is 4.79 Å². The van der Waals surface area contributed by atoms with Crippen LogP contribution in [-0.2, 0) is 11.3 Å². The van der Waals surface area contributed by atoms with Crippen LogP contribution in [-0.4, -0.2) is 30.6 Å². The van der Waals surface area contributed by atoms with Crippen LogP contribution in [0.15, 0.2) is 36.5 Å². The molecule has 27 heavy (non-hydrogen) atoms. The Morgan fingerprint density at radius 3 is 2.85 bits per heavy atom. The van der Waals surface area contributed by atoms with Crippen LogP contribution in [0.25, 0.3) is 0 Å². The Labute approximate surface area is 165 Å². The van der Waals surface area contributed by atoms with Gasteiger partial charge in [0.05, 0.1) is 6.61 Å². The smallest absolute Gasteiger partial charge is 0.220 e. The van der Waals surface area contributed by atoms with E-state index in [9.17, 15) is 4.79 Å². The molecule has 1 amide bonds. The van der Waals surface area contributed by atoms with Crippen LogP contribution in [0.4, 0.5) is 5.82 Å². The van der Waals surface area contributed by atoms with Crippen molar-refractivity contribution < 1.29 is 9.53 Å². The lowest BCUT2D eigenvalue weighted by Crippen LogP contribution is -2.24. The number of aryl methyl sites for hydroxylation is 1. The molecule has 6 heteroatoms. The van der Waals surface area contributed by atoms with Crippen LogP contribution in [0.3, 0.4) is 0 Å². The molecule has 5 nitrogen and oxygen atoms in total. The zero-order valence-electron chi connectivity index (χ0n) is 15.7. The third-order valence-corrected chi connectivity index (χ3v) is 4.91. The van der Waals surface area contributed by atoms with E-state index in [0.29, 0.717) is 31.0 Å². The number of anilines is 1. The van der Waals surface area contributed by atoms with Gasteiger partial charge in [-0.1, -0.05) is 11.6 Å². The van der Waals surface area contributed by atoms with Gasteiger partial charge in [-0.05, 0) is 67.6 Å². The van der Waals surface area contributed by atoms with E-state index in [0.717, 1.165) is 35.8 Å². The Morgan fingerprint density at radius 1 is 1.26 bits per heavy atom. The third-order valence-electron chi connectivity index (χ3n) is 4.67. The molecule has 3 rings (SSSR count). The molecule has 1 N–H and O–H groups in total. The zero-order chi connectivity index (χ0) is 19.1. The van der Waals surface area contributed by atoms with Crippen molar-refractivity contribution in [3.05, 3.63) is 52.7 Å². The van der Waals surface area contributed by atoms with Crippen molar-refractivity contribution in [2.75, 3.05) is 24.6 Å². The standard InChI is InChI=1S/C21H26ClN3O2/c1-16-13-18(22)6-7-19(16)27-12-4-5-21(26)24-15-17-8-9-23-20(14-17)25-10-2-3-11-25/h6-9,13-14H,2-5,10-12,15H2,1H3,(H,24,26). The predicted molar refractivity (Wildman–Crippen MR) is 108 cm³/mol. The van der Waals surface area contributed by atoms with E-state index in [1.165, 1.54) is 12.8 Å². The molecule has 0 atom stereocenters. The summed E-state index contributed by atoms with van der Waals surface area (Å²) in [5, 5.41) is 3.67. The molecule has 1 aliphatic heterocycles. The summed E-state index contributed by atoms with van der Waals surface area (Å²) in [7, 11) is 0. The molecule has 0 unspecified atom stereocenters. The Kier molecular flexibility index (Phi) is 6.93. The fraction of sp³-hybridized carbons (Fsp3) is 0.429. The lowest BCUT2D eigenvalue weighted by atomic mass is 10.2. The topological polar surface area (TPSA) is 54.5 Å². The van der Waals surface area contributed by atoms with Gasteiger partial charge < -0.3 is 15.0 Å². The molecule has 0 aliphatic carbocycles. The highest BCUT2D eigenvalue weighted by Crippen LogP contribution is 2.22. The molecule has 0 saturated carbocycles. The molecular weight excluding hydrogens is 362 g/mol. The number of carbonyl (C=O) groups excluding carboxylic acids is 1. The number of benzene rings is 1. The minimum Gasteiger partial charge on any atom is -0.493 e. The van der Waals surface area contributed by atoms with E-state index >= 15 is 0 Å². The van der Waals surface area contributed by atoms with Crippen molar-refractivity contribution in [3.63, 3.8) is 0 Å². The van der Waals surface area contributed by atoms with Gasteiger partial charge in [0.25, 0.3) is 0 Å². The van der Waals surface area contributed by atoms with E-state index < -0.39 is 0 Å². The number of halogens is 1. The largest absolute Gasteiger partial charge is 0.493 e. The number of carbonyl (C=O) groups is 1. The zero-order valence-corrected chi connectivity index (χ0v) is 16.5. The van der Waals surface area contributed by atoms with Gasteiger partial charge in [0, 0.05) is 37.3 Å². The number of ether oxygens (including phenoxy) is 1. The predicted octanol–water partition coefficient (Wildman–Crippen LogP) is 4.12. The highest BCUT2D eigenvalue weighted by atomic mass is 35.5. The molecule has 1 aromatic carbocycles. The number of amides is 1. The van der Waals surface area contributed by atoms with Gasteiger partial charge in [0.2, 0.25) is 5.91 Å². The normalized spacial score (nSPS) is 13.6. The third kappa shape index (κ3) is 5.86.